The van der Waals surface area contributed by atoms with E-state index in [1.807, 2.05) is 18.2 Å². The summed E-state index contributed by atoms with van der Waals surface area (Å²) in [6, 6.07) is 0. The molecule has 0 N–H and O–H groups in total. The third-order valence-corrected chi connectivity index (χ3v) is 7.02. The van der Waals surface area contributed by atoms with Gasteiger partial charge in [0.15, 0.2) is 0 Å². The number of halogens is 2. The van der Waals surface area contributed by atoms with E-state index in [1.165, 1.54) is 3.58 Å². The van der Waals surface area contributed by atoms with Crippen molar-refractivity contribution in [1.82, 2.24) is 0 Å². The zero-order chi connectivity index (χ0) is 6.53. The molecule has 0 saturated heterocycles. The number of rotatable bonds is 2. The van der Waals surface area contributed by atoms with Crippen molar-refractivity contribution in [2.75, 3.05) is 0 Å². The van der Waals surface area contributed by atoms with Crippen molar-refractivity contribution in [2.45, 2.75) is 6.42 Å². The monoisotopic (exact) mass is 347 g/mol. The molecule has 9 heavy (non-hydrogen) atoms. The molecule has 0 atom stereocenters. The molecule has 0 unspecified atom stereocenters. The molecule has 1 rings (SSSR count). The molecule has 0 aromatic rings. The van der Waals surface area contributed by atoms with E-state index in [1.54, 1.807) is 0 Å². The van der Waals surface area contributed by atoms with E-state index in [-0.39, 0.29) is 17.2 Å². The molecular weight excluding hydrogens is 342 g/mol. The summed E-state index contributed by atoms with van der Waals surface area (Å²) < 4.78 is 11.7. The van der Waals surface area contributed by atoms with Crippen molar-refractivity contribution >= 4 is 17.2 Å². The molecule has 0 spiro atoms. The normalized spacial score (nSPS) is 16.2. The molecule has 1 aliphatic carbocycles. The number of hydrogen-bond donors (Lipinski definition) is 0. The molecule has 1 aliphatic rings. The summed E-state index contributed by atoms with van der Waals surface area (Å²) in [4.78, 5) is 0. The summed E-state index contributed by atoms with van der Waals surface area (Å²) in [5, 5.41) is 0. The van der Waals surface area contributed by atoms with Gasteiger partial charge >= 0.3 is 71.5 Å². The minimum absolute atomic E-state index is 0.0801. The Morgan fingerprint density at radius 3 is 3.22 bits per heavy atom. The topological polar surface area (TPSA) is 17.1 Å². The standard InChI is InChI=1S/C6H5I2O/c9-8-7-6-4-2-1-3-5-6/h2-4H,5H2/q-1. The van der Waals surface area contributed by atoms with Crippen LogP contribution in [0, 0.1) is 0 Å². The van der Waals surface area contributed by atoms with Crippen molar-refractivity contribution in [3.8, 4) is 0 Å². The summed E-state index contributed by atoms with van der Waals surface area (Å²) >= 11 is -0.774. The quantitative estimate of drug-likeness (QED) is 0.478. The van der Waals surface area contributed by atoms with Crippen LogP contribution in [0.3, 0.4) is 0 Å². The first-order valence-corrected chi connectivity index (χ1v) is 10.7. The predicted octanol–water partition coefficient (Wildman–Crippen LogP) is -0.694. The molecule has 0 radical (unpaired) electrons. The van der Waals surface area contributed by atoms with Crippen LogP contribution in [0.1, 0.15) is 6.42 Å². The zero-order valence-electron chi connectivity index (χ0n) is 4.60. The maximum atomic E-state index is 10.3. The third-order valence-electron chi connectivity index (χ3n) is 0.896. The van der Waals surface area contributed by atoms with E-state index in [0.29, 0.717) is 0 Å². The van der Waals surface area contributed by atoms with E-state index >= 15 is 0 Å². The molecule has 0 bridgehead atoms. The van der Waals surface area contributed by atoms with Gasteiger partial charge in [0.1, 0.15) is 0 Å². The molecule has 0 aliphatic heterocycles. The summed E-state index contributed by atoms with van der Waals surface area (Å²) in [6.45, 7) is 0. The fraction of sp³-hybridized carbons (Fsp3) is 0.167. The van der Waals surface area contributed by atoms with Crippen LogP contribution in [0.2, 0.25) is 0 Å². The average molecular weight is 347 g/mol. The van der Waals surface area contributed by atoms with E-state index < -0.39 is 17.2 Å². The second-order valence-electron chi connectivity index (χ2n) is 1.48. The van der Waals surface area contributed by atoms with E-state index in [9.17, 15) is 3.07 Å². The van der Waals surface area contributed by atoms with E-state index in [4.69, 9.17) is 0 Å². The van der Waals surface area contributed by atoms with Crippen molar-refractivity contribution in [1.29, 1.82) is 0 Å². The van der Waals surface area contributed by atoms with Gasteiger partial charge in [0.2, 0.25) is 0 Å². The molecule has 0 fully saturated rings. The van der Waals surface area contributed by atoms with Gasteiger partial charge in [0.25, 0.3) is 0 Å². The second-order valence-corrected chi connectivity index (χ2v) is 8.58. The first kappa shape index (κ1) is 7.63. The fourth-order valence-electron chi connectivity index (χ4n) is 0.521. The summed E-state index contributed by atoms with van der Waals surface area (Å²) in [7, 11) is 0. The molecule has 3 heteroatoms. The van der Waals surface area contributed by atoms with Crippen molar-refractivity contribution < 1.29 is 20.3 Å². The molecule has 0 saturated carbocycles. The predicted molar refractivity (Wildman–Crippen MR) is 40.1 cm³/mol. The van der Waals surface area contributed by atoms with Crippen molar-refractivity contribution in [3.05, 3.63) is 27.5 Å². The Morgan fingerprint density at radius 1 is 1.78 bits per heavy atom. The van der Waals surface area contributed by atoms with Crippen LogP contribution < -0.4 is 17.2 Å². The van der Waals surface area contributed by atoms with Crippen LogP contribution in [0.5, 0.6) is 0 Å². The van der Waals surface area contributed by atoms with E-state index in [0.717, 1.165) is 6.42 Å². The van der Waals surface area contributed by atoms with Crippen LogP contribution in [-0.2, 0) is 3.07 Å². The summed E-state index contributed by atoms with van der Waals surface area (Å²) in [5.74, 6) is 0. The van der Waals surface area contributed by atoms with Gasteiger partial charge < -0.3 is 0 Å². The summed E-state index contributed by atoms with van der Waals surface area (Å²) in [6.07, 6.45) is 6.93. The molecule has 0 aromatic heterocycles. The summed E-state index contributed by atoms with van der Waals surface area (Å²) in [5.41, 5.74) is 2.97. The van der Waals surface area contributed by atoms with Crippen LogP contribution in [0.25, 0.3) is 0 Å². The van der Waals surface area contributed by atoms with Gasteiger partial charge in [0, 0.05) is 0 Å². The Balaban J connectivity index is 2.55. The fourth-order valence-corrected chi connectivity index (χ4v) is 4.90. The van der Waals surface area contributed by atoms with Gasteiger partial charge in [-0.3, -0.25) is 0 Å². The first-order valence-electron chi connectivity index (χ1n) is 2.45. The van der Waals surface area contributed by atoms with Crippen molar-refractivity contribution in [3.63, 3.8) is 0 Å². The van der Waals surface area contributed by atoms with Crippen LogP contribution >= 0.6 is 17.2 Å². The van der Waals surface area contributed by atoms with Crippen molar-refractivity contribution in [2.24, 2.45) is 0 Å². The van der Waals surface area contributed by atoms with E-state index in [2.05, 4.69) is 5.73 Å². The molecule has 0 heterocycles. The Morgan fingerprint density at radius 2 is 2.67 bits per heavy atom. The zero-order valence-corrected chi connectivity index (χ0v) is 8.92. The first-order chi connectivity index (χ1) is 4.43. The van der Waals surface area contributed by atoms with Crippen LogP contribution in [0.15, 0.2) is 27.5 Å². The SMILES string of the molecule is O=I[I-]C1=CC=C=CC1. The Kier molecular flexibility index (Phi) is 3.69. The van der Waals surface area contributed by atoms with Gasteiger partial charge in [-0.2, -0.15) is 0 Å². The third kappa shape index (κ3) is 2.73. The van der Waals surface area contributed by atoms with Gasteiger partial charge in [-0.25, -0.2) is 0 Å². The van der Waals surface area contributed by atoms with Gasteiger partial charge in [-0.05, 0) is 0 Å². The Bertz CT molecular complexity index is 199. The molecule has 1 nitrogen and oxygen atoms in total. The Labute approximate surface area is 70.8 Å². The van der Waals surface area contributed by atoms with Gasteiger partial charge in [0.05, 0.1) is 0 Å². The molecular formula is C6H5I2O-. The minimum atomic E-state index is -0.694. The number of allylic oxidation sites excluding steroid dienone is 3. The average Bonchev–Trinajstić information content (AvgIpc) is 1.91. The molecule has 0 amide bonds. The van der Waals surface area contributed by atoms with Gasteiger partial charge in [-0.1, -0.05) is 0 Å². The molecule has 0 aromatic carbocycles. The van der Waals surface area contributed by atoms with Crippen LogP contribution in [0.4, 0.5) is 0 Å². The number of hydrogen-bond acceptors (Lipinski definition) is 1. The maximum absolute atomic E-state index is 10.3. The Hall–Kier alpha value is 0.520. The van der Waals surface area contributed by atoms with Crippen LogP contribution in [-0.4, -0.2) is 0 Å². The van der Waals surface area contributed by atoms with Gasteiger partial charge in [-0.15, -0.1) is 0 Å². The second kappa shape index (κ2) is 4.35. The molecule has 50 valence electrons.